The fourth-order valence-electron chi connectivity index (χ4n) is 3.07. The Bertz CT molecular complexity index is 546. The molecule has 5 heteroatoms. The van der Waals surface area contributed by atoms with Gasteiger partial charge in [-0.05, 0) is 42.6 Å². The van der Waals surface area contributed by atoms with E-state index in [1.165, 1.54) is 24.8 Å². The van der Waals surface area contributed by atoms with Crippen LogP contribution in [-0.2, 0) is 17.8 Å². The molecule has 1 amide bonds. The third kappa shape index (κ3) is 4.87. The largest absolute Gasteiger partial charge is 0.493 e. The average Bonchev–Trinajstić information content (AvgIpc) is 2.62. The summed E-state index contributed by atoms with van der Waals surface area (Å²) in [5.41, 5.74) is 2.40. The fourth-order valence-corrected chi connectivity index (χ4v) is 3.07. The van der Waals surface area contributed by atoms with E-state index in [-0.39, 0.29) is 5.91 Å². The average molecular weight is 334 g/mol. The van der Waals surface area contributed by atoms with Crippen LogP contribution in [0.2, 0.25) is 0 Å². The highest BCUT2D eigenvalue weighted by atomic mass is 16.5. The molecule has 0 saturated heterocycles. The maximum atomic E-state index is 12.4. The van der Waals surface area contributed by atoms with Crippen molar-refractivity contribution in [3.05, 3.63) is 23.3 Å². The molecule has 1 heterocycles. The lowest BCUT2D eigenvalue weighted by atomic mass is 9.98. The van der Waals surface area contributed by atoms with E-state index in [9.17, 15) is 4.79 Å². The second-order valence-corrected chi connectivity index (χ2v) is 6.25. The van der Waals surface area contributed by atoms with Crippen LogP contribution in [0.3, 0.4) is 0 Å². The van der Waals surface area contributed by atoms with Crippen LogP contribution >= 0.6 is 0 Å². The van der Waals surface area contributed by atoms with Crippen molar-refractivity contribution < 1.29 is 14.3 Å². The van der Waals surface area contributed by atoms with Gasteiger partial charge in [0.2, 0.25) is 5.91 Å². The number of ether oxygens (including phenoxy) is 2. The Balaban J connectivity index is 1.86. The number of benzene rings is 1. The Morgan fingerprint density at radius 1 is 1.12 bits per heavy atom. The molecule has 0 radical (unpaired) electrons. The number of nitrogens with one attached hydrogen (secondary N) is 1. The molecule has 24 heavy (non-hydrogen) atoms. The SMILES string of the molecule is CCCCCNCCC(=O)N1CCc2cc(OC)c(OC)cc2C1. The Morgan fingerprint density at radius 2 is 1.83 bits per heavy atom. The number of carbonyl (C=O) groups is 1. The molecule has 0 aromatic heterocycles. The van der Waals surface area contributed by atoms with Crippen LogP contribution in [0, 0.1) is 0 Å². The van der Waals surface area contributed by atoms with Gasteiger partial charge in [0.15, 0.2) is 11.5 Å². The van der Waals surface area contributed by atoms with Crippen molar-refractivity contribution in [1.29, 1.82) is 0 Å². The Hall–Kier alpha value is -1.75. The zero-order chi connectivity index (χ0) is 17.4. The van der Waals surface area contributed by atoms with Crippen molar-refractivity contribution >= 4 is 5.91 Å². The summed E-state index contributed by atoms with van der Waals surface area (Å²) in [5.74, 6) is 1.70. The van der Waals surface area contributed by atoms with Crippen LogP contribution in [0.5, 0.6) is 11.5 Å². The van der Waals surface area contributed by atoms with Crippen LogP contribution in [0.15, 0.2) is 12.1 Å². The molecule has 0 spiro atoms. The van der Waals surface area contributed by atoms with Crippen LogP contribution < -0.4 is 14.8 Å². The molecule has 0 unspecified atom stereocenters. The number of unbranched alkanes of at least 4 members (excludes halogenated alkanes) is 2. The summed E-state index contributed by atoms with van der Waals surface area (Å²) < 4.78 is 10.7. The van der Waals surface area contributed by atoms with E-state index in [1.807, 2.05) is 17.0 Å². The van der Waals surface area contributed by atoms with Gasteiger partial charge in [0.05, 0.1) is 14.2 Å². The minimum Gasteiger partial charge on any atom is -0.493 e. The highest BCUT2D eigenvalue weighted by Gasteiger charge is 2.22. The molecule has 1 aromatic carbocycles. The van der Waals surface area contributed by atoms with E-state index in [0.29, 0.717) is 13.0 Å². The molecule has 0 atom stereocenters. The molecule has 2 rings (SSSR count). The van der Waals surface area contributed by atoms with Crippen molar-refractivity contribution in [2.75, 3.05) is 33.9 Å². The van der Waals surface area contributed by atoms with Gasteiger partial charge < -0.3 is 19.7 Å². The molecule has 0 fully saturated rings. The van der Waals surface area contributed by atoms with Gasteiger partial charge in [-0.2, -0.15) is 0 Å². The molecule has 1 aliphatic rings. The summed E-state index contributed by atoms with van der Waals surface area (Å²) in [6, 6.07) is 4.03. The molecular weight excluding hydrogens is 304 g/mol. The van der Waals surface area contributed by atoms with Gasteiger partial charge in [-0.1, -0.05) is 19.8 Å². The number of rotatable bonds is 9. The lowest BCUT2D eigenvalue weighted by molar-refractivity contribution is -0.132. The Labute approximate surface area is 145 Å². The van der Waals surface area contributed by atoms with E-state index >= 15 is 0 Å². The Kier molecular flexibility index (Phi) is 7.37. The lowest BCUT2D eigenvalue weighted by Gasteiger charge is -2.29. The second kappa shape index (κ2) is 9.52. The third-order valence-electron chi connectivity index (χ3n) is 4.54. The smallest absolute Gasteiger partial charge is 0.224 e. The highest BCUT2D eigenvalue weighted by Crippen LogP contribution is 2.33. The predicted molar refractivity (Wildman–Crippen MR) is 95.7 cm³/mol. The molecule has 1 aromatic rings. The van der Waals surface area contributed by atoms with Crippen molar-refractivity contribution in [2.24, 2.45) is 0 Å². The van der Waals surface area contributed by atoms with Crippen LogP contribution in [-0.4, -0.2) is 44.7 Å². The molecule has 134 valence electrons. The molecule has 0 bridgehead atoms. The Morgan fingerprint density at radius 3 is 2.50 bits per heavy atom. The summed E-state index contributed by atoms with van der Waals surface area (Å²) in [5, 5.41) is 3.36. The van der Waals surface area contributed by atoms with Gasteiger partial charge in [0, 0.05) is 26.1 Å². The quantitative estimate of drug-likeness (QED) is 0.706. The van der Waals surface area contributed by atoms with Crippen LogP contribution in [0.25, 0.3) is 0 Å². The standard InChI is InChI=1S/C19H30N2O3/c1-4-5-6-9-20-10-7-19(22)21-11-8-15-12-17(23-2)18(24-3)13-16(15)14-21/h12-13,20H,4-11,14H2,1-3H3. The zero-order valence-electron chi connectivity index (χ0n) is 15.2. The molecular formula is C19H30N2O3. The second-order valence-electron chi connectivity index (χ2n) is 6.25. The van der Waals surface area contributed by atoms with E-state index in [4.69, 9.17) is 9.47 Å². The monoisotopic (exact) mass is 334 g/mol. The number of hydrogen-bond acceptors (Lipinski definition) is 4. The first kappa shape index (κ1) is 18.6. The molecule has 0 saturated carbocycles. The number of fused-ring (bicyclic) bond motifs is 1. The molecule has 0 aliphatic carbocycles. The van der Waals surface area contributed by atoms with Crippen molar-refractivity contribution in [1.82, 2.24) is 10.2 Å². The number of methoxy groups -OCH3 is 2. The van der Waals surface area contributed by atoms with Crippen LogP contribution in [0.4, 0.5) is 0 Å². The normalized spacial score (nSPS) is 13.5. The van der Waals surface area contributed by atoms with Gasteiger partial charge >= 0.3 is 0 Å². The summed E-state index contributed by atoms with van der Waals surface area (Å²) in [4.78, 5) is 14.4. The van der Waals surface area contributed by atoms with Gasteiger partial charge in [-0.15, -0.1) is 0 Å². The topological polar surface area (TPSA) is 50.8 Å². The van der Waals surface area contributed by atoms with Crippen molar-refractivity contribution in [3.63, 3.8) is 0 Å². The van der Waals surface area contributed by atoms with E-state index in [0.717, 1.165) is 43.1 Å². The molecule has 1 aliphatic heterocycles. The fraction of sp³-hybridized carbons (Fsp3) is 0.632. The summed E-state index contributed by atoms with van der Waals surface area (Å²) >= 11 is 0. The van der Waals surface area contributed by atoms with Crippen molar-refractivity contribution in [2.45, 2.75) is 45.6 Å². The summed E-state index contributed by atoms with van der Waals surface area (Å²) in [6.07, 6.45) is 5.08. The first-order valence-electron chi connectivity index (χ1n) is 8.91. The minimum atomic E-state index is 0.221. The third-order valence-corrected chi connectivity index (χ3v) is 4.54. The van der Waals surface area contributed by atoms with E-state index < -0.39 is 0 Å². The summed E-state index contributed by atoms with van der Waals surface area (Å²) in [7, 11) is 3.29. The maximum Gasteiger partial charge on any atom is 0.224 e. The van der Waals surface area contributed by atoms with Gasteiger partial charge in [-0.25, -0.2) is 0 Å². The lowest BCUT2D eigenvalue weighted by Crippen LogP contribution is -2.37. The van der Waals surface area contributed by atoms with Crippen LogP contribution in [0.1, 0.15) is 43.7 Å². The van der Waals surface area contributed by atoms with Crippen molar-refractivity contribution in [3.8, 4) is 11.5 Å². The minimum absolute atomic E-state index is 0.221. The predicted octanol–water partition coefficient (Wildman–Crippen LogP) is 2.76. The van der Waals surface area contributed by atoms with Gasteiger partial charge in [-0.3, -0.25) is 4.79 Å². The van der Waals surface area contributed by atoms with Gasteiger partial charge in [0.25, 0.3) is 0 Å². The number of nitrogens with zero attached hydrogens (tertiary/aromatic N) is 1. The first-order valence-corrected chi connectivity index (χ1v) is 8.91. The highest BCUT2D eigenvalue weighted by molar-refractivity contribution is 5.76. The van der Waals surface area contributed by atoms with Gasteiger partial charge in [0.1, 0.15) is 0 Å². The first-order chi connectivity index (χ1) is 11.7. The number of amides is 1. The van der Waals surface area contributed by atoms with E-state index in [2.05, 4.69) is 12.2 Å². The number of carbonyl (C=O) groups excluding carboxylic acids is 1. The summed E-state index contributed by atoms with van der Waals surface area (Å²) in [6.45, 7) is 5.39. The van der Waals surface area contributed by atoms with E-state index in [1.54, 1.807) is 14.2 Å². The molecule has 5 nitrogen and oxygen atoms in total. The maximum absolute atomic E-state index is 12.4. The number of hydrogen-bond donors (Lipinski definition) is 1. The molecule has 1 N–H and O–H groups in total. The zero-order valence-corrected chi connectivity index (χ0v) is 15.2.